The molecule has 0 spiro atoms. The fraction of sp³-hybridized carbons (Fsp3) is 0.615. The van der Waals surface area contributed by atoms with E-state index in [0.29, 0.717) is 23.4 Å². The van der Waals surface area contributed by atoms with Crippen LogP contribution in [0.15, 0.2) is 16.0 Å². The first-order chi connectivity index (χ1) is 9.51. The number of carbonyl (C=O) groups excluding carboxylic acids is 1. The number of aromatic amines is 1. The van der Waals surface area contributed by atoms with Crippen LogP contribution in [0.1, 0.15) is 26.5 Å². The smallest absolute Gasteiger partial charge is 0.316 e. The van der Waals surface area contributed by atoms with E-state index in [1.165, 1.54) is 17.8 Å². The van der Waals surface area contributed by atoms with Gasteiger partial charge in [-0.3, -0.25) is 9.59 Å². The van der Waals surface area contributed by atoms with Crippen molar-refractivity contribution in [3.8, 4) is 0 Å². The zero-order valence-electron chi connectivity index (χ0n) is 12.0. The lowest BCUT2D eigenvalue weighted by Crippen LogP contribution is -2.14. The zero-order chi connectivity index (χ0) is 15.0. The molecule has 0 unspecified atom stereocenters. The monoisotopic (exact) mass is 316 g/mol. The number of nitrogens with one attached hydrogen (secondary N) is 1. The van der Waals surface area contributed by atoms with Gasteiger partial charge in [0, 0.05) is 11.8 Å². The van der Waals surface area contributed by atoms with Crippen LogP contribution in [0.4, 0.5) is 0 Å². The van der Waals surface area contributed by atoms with Gasteiger partial charge in [0.2, 0.25) is 0 Å². The first-order valence-electron chi connectivity index (χ1n) is 6.47. The molecule has 1 rings (SSSR count). The van der Waals surface area contributed by atoms with E-state index >= 15 is 0 Å². The molecule has 0 amide bonds. The number of nitrogens with zero attached hydrogens (tertiary/aromatic N) is 1. The fourth-order valence-electron chi connectivity index (χ4n) is 1.26. The topological polar surface area (TPSA) is 72.0 Å². The third kappa shape index (κ3) is 7.00. The molecule has 1 heterocycles. The minimum atomic E-state index is -0.292. The van der Waals surface area contributed by atoms with Crippen molar-refractivity contribution in [3.63, 3.8) is 0 Å². The van der Waals surface area contributed by atoms with Gasteiger partial charge in [-0.05, 0) is 11.7 Å². The number of thioether (sulfide) groups is 2. The lowest BCUT2D eigenvalue weighted by molar-refractivity contribution is -0.141. The summed E-state index contributed by atoms with van der Waals surface area (Å²) < 4.78 is 5.07. The average Bonchev–Trinajstić information content (AvgIpc) is 2.40. The van der Waals surface area contributed by atoms with Crippen LogP contribution >= 0.6 is 23.5 Å². The predicted molar refractivity (Wildman–Crippen MR) is 83.2 cm³/mol. The van der Waals surface area contributed by atoms with Crippen LogP contribution in [0.25, 0.3) is 0 Å². The molecule has 0 fully saturated rings. The third-order valence-electron chi connectivity index (χ3n) is 2.13. The maximum absolute atomic E-state index is 11.5. The van der Waals surface area contributed by atoms with Gasteiger partial charge >= 0.3 is 5.97 Å². The number of esters is 1. The molecule has 0 saturated heterocycles. The molecule has 1 aromatic rings. The van der Waals surface area contributed by atoms with Crippen LogP contribution in [0.5, 0.6) is 0 Å². The SMILES string of the molecule is CCSCc1cc(=O)[nH]c(SCC(=O)OCC(C)C)n1. The van der Waals surface area contributed by atoms with Crippen molar-refractivity contribution < 1.29 is 9.53 Å². The van der Waals surface area contributed by atoms with Crippen molar-refractivity contribution in [1.82, 2.24) is 9.97 Å². The molecule has 0 saturated carbocycles. The van der Waals surface area contributed by atoms with Gasteiger partial charge in [0.1, 0.15) is 0 Å². The Hall–Kier alpha value is -0.950. The van der Waals surface area contributed by atoms with Crippen LogP contribution in [0.3, 0.4) is 0 Å². The molecular formula is C13H20N2O3S2. The van der Waals surface area contributed by atoms with Gasteiger partial charge in [-0.15, -0.1) is 0 Å². The summed E-state index contributed by atoms with van der Waals surface area (Å²) in [5.41, 5.74) is 0.545. The van der Waals surface area contributed by atoms with Crippen LogP contribution in [-0.4, -0.2) is 34.0 Å². The predicted octanol–water partition coefficient (Wildman–Crippen LogP) is 2.31. The van der Waals surface area contributed by atoms with Crippen molar-refractivity contribution in [1.29, 1.82) is 0 Å². The summed E-state index contributed by atoms with van der Waals surface area (Å²) in [7, 11) is 0. The number of ether oxygens (including phenoxy) is 1. The van der Waals surface area contributed by atoms with E-state index in [2.05, 4.69) is 16.9 Å². The summed E-state index contributed by atoms with van der Waals surface area (Å²) in [6.45, 7) is 6.43. The molecule has 20 heavy (non-hydrogen) atoms. The average molecular weight is 316 g/mol. The van der Waals surface area contributed by atoms with Gasteiger partial charge in [0.15, 0.2) is 5.16 Å². The standard InChI is InChI=1S/C13H20N2O3S2/c1-4-19-7-10-5-11(16)15-13(14-10)20-8-12(17)18-6-9(2)3/h5,9H,4,6-8H2,1-3H3,(H,14,15,16). The molecule has 112 valence electrons. The number of rotatable bonds is 8. The van der Waals surface area contributed by atoms with E-state index < -0.39 is 0 Å². The maximum Gasteiger partial charge on any atom is 0.316 e. The summed E-state index contributed by atoms with van der Waals surface area (Å²) in [5.74, 6) is 1.85. The van der Waals surface area contributed by atoms with E-state index in [1.807, 2.05) is 13.8 Å². The first-order valence-corrected chi connectivity index (χ1v) is 8.61. The minimum absolute atomic E-state index is 0.153. The minimum Gasteiger partial charge on any atom is -0.465 e. The number of hydrogen-bond donors (Lipinski definition) is 1. The summed E-state index contributed by atoms with van der Waals surface area (Å²) in [6.07, 6.45) is 0. The van der Waals surface area contributed by atoms with Crippen LogP contribution in [-0.2, 0) is 15.3 Å². The first kappa shape index (κ1) is 17.1. The normalized spacial score (nSPS) is 10.8. The summed E-state index contributed by atoms with van der Waals surface area (Å²) in [4.78, 5) is 29.9. The molecule has 1 aromatic heterocycles. The van der Waals surface area contributed by atoms with Crippen LogP contribution < -0.4 is 5.56 Å². The number of H-pyrrole nitrogens is 1. The Kier molecular flexibility index (Phi) is 7.76. The maximum atomic E-state index is 11.5. The molecule has 0 atom stereocenters. The number of carbonyl (C=O) groups is 1. The molecule has 0 bridgehead atoms. The molecule has 0 radical (unpaired) electrons. The van der Waals surface area contributed by atoms with E-state index in [-0.39, 0.29) is 17.3 Å². The highest BCUT2D eigenvalue weighted by Crippen LogP contribution is 2.14. The second-order valence-electron chi connectivity index (χ2n) is 4.54. The molecule has 5 nitrogen and oxygen atoms in total. The Bertz CT molecular complexity index is 489. The van der Waals surface area contributed by atoms with Gasteiger partial charge in [-0.25, -0.2) is 4.98 Å². The Labute approximate surface area is 127 Å². The highest BCUT2D eigenvalue weighted by atomic mass is 32.2. The van der Waals surface area contributed by atoms with Gasteiger partial charge in [-0.2, -0.15) is 11.8 Å². The summed E-state index contributed by atoms with van der Waals surface area (Å²) >= 11 is 2.89. The molecule has 0 aliphatic heterocycles. The lowest BCUT2D eigenvalue weighted by Gasteiger charge is -2.07. The van der Waals surface area contributed by atoms with E-state index in [1.54, 1.807) is 11.8 Å². The molecule has 1 N–H and O–H groups in total. The summed E-state index contributed by atoms with van der Waals surface area (Å²) in [5, 5.41) is 0.464. The highest BCUT2D eigenvalue weighted by molar-refractivity contribution is 7.99. The second kappa shape index (κ2) is 9.07. The Morgan fingerprint density at radius 1 is 1.50 bits per heavy atom. The molecular weight excluding hydrogens is 296 g/mol. The van der Waals surface area contributed by atoms with Crippen molar-refractivity contribution in [2.24, 2.45) is 5.92 Å². The van der Waals surface area contributed by atoms with E-state index in [0.717, 1.165) is 11.4 Å². The van der Waals surface area contributed by atoms with Crippen LogP contribution in [0, 0.1) is 5.92 Å². The molecule has 0 aromatic carbocycles. The van der Waals surface area contributed by atoms with Crippen molar-refractivity contribution in [3.05, 3.63) is 22.1 Å². The highest BCUT2D eigenvalue weighted by Gasteiger charge is 2.08. The molecule has 7 heteroatoms. The third-order valence-corrected chi connectivity index (χ3v) is 3.89. The molecule has 0 aliphatic rings. The van der Waals surface area contributed by atoms with Gasteiger partial charge in [0.25, 0.3) is 5.56 Å². The molecule has 0 aliphatic carbocycles. The Balaban J connectivity index is 2.52. The van der Waals surface area contributed by atoms with Crippen LogP contribution in [0.2, 0.25) is 0 Å². The second-order valence-corrected chi connectivity index (χ2v) is 6.78. The number of hydrogen-bond acceptors (Lipinski definition) is 6. The van der Waals surface area contributed by atoms with Crippen molar-refractivity contribution in [2.75, 3.05) is 18.1 Å². The zero-order valence-corrected chi connectivity index (χ0v) is 13.6. The Morgan fingerprint density at radius 2 is 2.25 bits per heavy atom. The van der Waals surface area contributed by atoms with Gasteiger partial charge < -0.3 is 9.72 Å². The largest absolute Gasteiger partial charge is 0.465 e. The summed E-state index contributed by atoms with van der Waals surface area (Å²) in [6, 6.07) is 1.49. The van der Waals surface area contributed by atoms with E-state index in [4.69, 9.17) is 4.74 Å². The van der Waals surface area contributed by atoms with E-state index in [9.17, 15) is 9.59 Å². The van der Waals surface area contributed by atoms with Crippen molar-refractivity contribution in [2.45, 2.75) is 31.7 Å². The van der Waals surface area contributed by atoms with Gasteiger partial charge in [0.05, 0.1) is 18.1 Å². The van der Waals surface area contributed by atoms with Gasteiger partial charge in [-0.1, -0.05) is 32.5 Å². The fourth-order valence-corrected chi connectivity index (χ4v) is 2.51. The number of aromatic nitrogens is 2. The lowest BCUT2D eigenvalue weighted by atomic mass is 10.2. The van der Waals surface area contributed by atoms with Crippen molar-refractivity contribution >= 4 is 29.5 Å². The Morgan fingerprint density at radius 3 is 2.90 bits per heavy atom. The quantitative estimate of drug-likeness (QED) is 0.451.